The smallest absolute Gasteiger partial charge is 0.410 e. The molecule has 114 valence electrons. The van der Waals surface area contributed by atoms with Gasteiger partial charge in [-0.25, -0.2) is 4.79 Å². The van der Waals surface area contributed by atoms with Crippen LogP contribution < -0.4 is 0 Å². The summed E-state index contributed by atoms with van der Waals surface area (Å²) >= 11 is 0. The molecular weight excluding hydrogens is 262 g/mol. The molecule has 0 aromatic carbocycles. The number of carboxylic acids is 1. The molecule has 1 amide bonds. The summed E-state index contributed by atoms with van der Waals surface area (Å²) in [5.74, 6) is -0.662. The lowest BCUT2D eigenvalue weighted by Crippen LogP contribution is -2.60. The average molecular weight is 285 g/mol. The van der Waals surface area contributed by atoms with Gasteiger partial charge in [-0.2, -0.15) is 0 Å². The minimum absolute atomic E-state index is 0.0679. The summed E-state index contributed by atoms with van der Waals surface area (Å²) in [5.41, 5.74) is -0.524. The van der Waals surface area contributed by atoms with Gasteiger partial charge < -0.3 is 14.6 Å². The summed E-state index contributed by atoms with van der Waals surface area (Å²) < 4.78 is 10.9. The zero-order valence-electron chi connectivity index (χ0n) is 12.3. The minimum Gasteiger partial charge on any atom is -0.481 e. The van der Waals surface area contributed by atoms with Crippen LogP contribution >= 0.6 is 0 Å². The first kappa shape index (κ1) is 15.1. The van der Waals surface area contributed by atoms with E-state index in [1.807, 2.05) is 20.8 Å². The molecule has 2 unspecified atom stereocenters. The van der Waals surface area contributed by atoms with Gasteiger partial charge in [0.1, 0.15) is 5.60 Å². The fraction of sp³-hybridized carbons (Fsp3) is 0.857. The van der Waals surface area contributed by atoms with Gasteiger partial charge in [-0.05, 0) is 39.5 Å². The summed E-state index contributed by atoms with van der Waals surface area (Å²) in [7, 11) is 0. The second-order valence-corrected chi connectivity index (χ2v) is 6.67. The zero-order chi connectivity index (χ0) is 14.9. The van der Waals surface area contributed by atoms with Crippen LogP contribution in [0, 0.1) is 5.92 Å². The molecule has 2 rings (SSSR count). The van der Waals surface area contributed by atoms with Crippen molar-refractivity contribution in [2.75, 3.05) is 13.2 Å². The van der Waals surface area contributed by atoms with E-state index in [2.05, 4.69) is 0 Å². The molecule has 2 saturated heterocycles. The zero-order valence-corrected chi connectivity index (χ0v) is 12.3. The van der Waals surface area contributed by atoms with Crippen LogP contribution in [0.4, 0.5) is 4.79 Å². The number of ether oxygens (including phenoxy) is 2. The van der Waals surface area contributed by atoms with Crippen molar-refractivity contribution in [3.05, 3.63) is 0 Å². The van der Waals surface area contributed by atoms with Crippen LogP contribution in [0.25, 0.3) is 0 Å². The standard InChI is InChI=1S/C14H23NO5/c1-14(2,3)20-13(18)15-10-4-9(6-12(16)17)5-11(15)8-19-7-10/h9-11H,4-8H2,1-3H3,(H,16,17). The number of rotatable bonds is 2. The maximum Gasteiger partial charge on any atom is 0.410 e. The number of carboxylic acid groups (broad SMARTS) is 1. The Balaban J connectivity index is 2.05. The number of morpholine rings is 1. The summed E-state index contributed by atoms with van der Waals surface area (Å²) in [5, 5.41) is 8.92. The number of aliphatic carboxylic acids is 1. The second-order valence-electron chi connectivity index (χ2n) is 6.67. The molecule has 2 aliphatic heterocycles. The maximum absolute atomic E-state index is 12.3. The molecule has 0 aromatic rings. The van der Waals surface area contributed by atoms with E-state index < -0.39 is 11.6 Å². The lowest BCUT2D eigenvalue weighted by atomic mass is 9.83. The molecule has 1 N–H and O–H groups in total. The van der Waals surface area contributed by atoms with Gasteiger partial charge in [0.2, 0.25) is 0 Å². The Hall–Kier alpha value is -1.30. The fourth-order valence-corrected chi connectivity index (χ4v) is 3.05. The summed E-state index contributed by atoms with van der Waals surface area (Å²) in [6.45, 7) is 6.45. The Morgan fingerprint density at radius 3 is 2.25 bits per heavy atom. The van der Waals surface area contributed by atoms with Gasteiger partial charge >= 0.3 is 12.1 Å². The number of hydrogen-bond donors (Lipinski definition) is 1. The van der Waals surface area contributed by atoms with Crippen molar-refractivity contribution < 1.29 is 24.2 Å². The van der Waals surface area contributed by atoms with Gasteiger partial charge in [0.15, 0.2) is 0 Å². The van der Waals surface area contributed by atoms with Gasteiger partial charge in [-0.15, -0.1) is 0 Å². The van der Waals surface area contributed by atoms with E-state index in [1.54, 1.807) is 4.90 Å². The first-order valence-corrected chi connectivity index (χ1v) is 7.07. The maximum atomic E-state index is 12.3. The minimum atomic E-state index is -0.778. The summed E-state index contributed by atoms with van der Waals surface area (Å²) in [6, 6.07) is -0.136. The van der Waals surface area contributed by atoms with E-state index in [4.69, 9.17) is 14.6 Å². The molecule has 2 heterocycles. The number of fused-ring (bicyclic) bond motifs is 2. The Morgan fingerprint density at radius 1 is 1.25 bits per heavy atom. The molecule has 0 radical (unpaired) electrons. The fourth-order valence-electron chi connectivity index (χ4n) is 3.05. The van der Waals surface area contributed by atoms with Crippen LogP contribution in [-0.4, -0.2) is 53.0 Å². The number of carbonyl (C=O) groups is 2. The van der Waals surface area contributed by atoms with Crippen molar-refractivity contribution in [1.29, 1.82) is 0 Å². The highest BCUT2D eigenvalue weighted by atomic mass is 16.6. The Morgan fingerprint density at radius 2 is 1.80 bits per heavy atom. The van der Waals surface area contributed by atoms with Gasteiger partial charge in [0, 0.05) is 6.42 Å². The second kappa shape index (κ2) is 5.60. The normalized spacial score (nSPS) is 29.9. The Kier molecular flexibility index (Phi) is 4.22. The van der Waals surface area contributed by atoms with Crippen LogP contribution in [0.15, 0.2) is 0 Å². The van der Waals surface area contributed by atoms with Crippen molar-refractivity contribution in [2.24, 2.45) is 5.92 Å². The predicted octanol–water partition coefficient (Wildman–Crippen LogP) is 1.88. The van der Waals surface area contributed by atoms with Crippen LogP contribution in [0.3, 0.4) is 0 Å². The quantitative estimate of drug-likeness (QED) is 0.838. The summed E-state index contributed by atoms with van der Waals surface area (Å²) in [4.78, 5) is 24.9. The molecule has 2 aliphatic rings. The highest BCUT2D eigenvalue weighted by Crippen LogP contribution is 2.34. The highest BCUT2D eigenvalue weighted by Gasteiger charge is 2.43. The lowest BCUT2D eigenvalue weighted by Gasteiger charge is -2.48. The number of carbonyl (C=O) groups excluding carboxylic acids is 1. The predicted molar refractivity (Wildman–Crippen MR) is 71.4 cm³/mol. The number of hydrogen-bond acceptors (Lipinski definition) is 4. The van der Waals surface area contributed by atoms with E-state index in [9.17, 15) is 9.59 Å². The monoisotopic (exact) mass is 285 g/mol. The van der Waals surface area contributed by atoms with Gasteiger partial charge in [-0.1, -0.05) is 0 Å². The number of nitrogens with zero attached hydrogens (tertiary/aromatic N) is 1. The van der Waals surface area contributed by atoms with Crippen molar-refractivity contribution in [3.8, 4) is 0 Å². The highest BCUT2D eigenvalue weighted by molar-refractivity contribution is 5.70. The van der Waals surface area contributed by atoms with Crippen molar-refractivity contribution in [1.82, 2.24) is 4.90 Å². The molecule has 0 saturated carbocycles. The van der Waals surface area contributed by atoms with Crippen molar-refractivity contribution in [3.63, 3.8) is 0 Å². The van der Waals surface area contributed by atoms with E-state index in [1.165, 1.54) is 0 Å². The van der Waals surface area contributed by atoms with E-state index in [0.717, 1.165) is 0 Å². The molecule has 0 aliphatic carbocycles. The molecule has 6 heteroatoms. The van der Waals surface area contributed by atoms with E-state index in [-0.39, 0.29) is 30.5 Å². The van der Waals surface area contributed by atoms with Crippen molar-refractivity contribution >= 4 is 12.1 Å². The third-order valence-electron chi connectivity index (χ3n) is 3.69. The van der Waals surface area contributed by atoms with Crippen LogP contribution in [0.1, 0.15) is 40.0 Å². The van der Waals surface area contributed by atoms with E-state index >= 15 is 0 Å². The molecule has 0 spiro atoms. The molecule has 2 fully saturated rings. The molecule has 0 aromatic heterocycles. The largest absolute Gasteiger partial charge is 0.481 e. The van der Waals surface area contributed by atoms with Crippen LogP contribution in [0.2, 0.25) is 0 Å². The van der Waals surface area contributed by atoms with Gasteiger partial charge in [0.05, 0.1) is 25.3 Å². The van der Waals surface area contributed by atoms with Crippen molar-refractivity contribution in [2.45, 2.75) is 57.7 Å². The Labute approximate surface area is 119 Å². The molecule has 6 nitrogen and oxygen atoms in total. The first-order chi connectivity index (χ1) is 9.26. The van der Waals surface area contributed by atoms with Gasteiger partial charge in [-0.3, -0.25) is 9.69 Å². The molecule has 2 atom stereocenters. The SMILES string of the molecule is CC(C)(C)OC(=O)N1C2COCC1CC(CC(=O)O)C2. The van der Waals surface area contributed by atoms with E-state index in [0.29, 0.717) is 26.1 Å². The third-order valence-corrected chi connectivity index (χ3v) is 3.69. The topological polar surface area (TPSA) is 76.1 Å². The van der Waals surface area contributed by atoms with Gasteiger partial charge in [0.25, 0.3) is 0 Å². The molecule has 20 heavy (non-hydrogen) atoms. The first-order valence-electron chi connectivity index (χ1n) is 7.07. The molecule has 2 bridgehead atoms. The summed E-state index contributed by atoms with van der Waals surface area (Å²) in [6.07, 6.45) is 1.18. The third kappa shape index (κ3) is 3.62. The lowest BCUT2D eigenvalue weighted by molar-refractivity contribution is -0.140. The van der Waals surface area contributed by atoms with Crippen LogP contribution in [-0.2, 0) is 14.3 Å². The number of amides is 1. The molecular formula is C14H23NO5. The Bertz CT molecular complexity index is 376. The number of piperidine rings is 1. The average Bonchev–Trinajstić information content (AvgIpc) is 2.24. The van der Waals surface area contributed by atoms with Crippen LogP contribution in [0.5, 0.6) is 0 Å².